The van der Waals surface area contributed by atoms with Gasteiger partial charge in [-0.05, 0) is 94.3 Å². The number of rotatable bonds is 6. The maximum Gasteiger partial charge on any atom is 0.164 e. The second-order valence-electron chi connectivity index (χ2n) is 18.2. The number of para-hydroxylation sites is 3. The Bertz CT molecular complexity index is 4580. The van der Waals surface area contributed by atoms with Crippen LogP contribution in [0.15, 0.2) is 235 Å². The van der Waals surface area contributed by atoms with E-state index >= 15 is 0 Å². The molecular formula is C64H38N6O. The Morgan fingerprint density at radius 2 is 0.817 bits per heavy atom. The van der Waals surface area contributed by atoms with Crippen LogP contribution in [0.5, 0.6) is 0 Å². The fourth-order valence-corrected chi connectivity index (χ4v) is 10.8. The van der Waals surface area contributed by atoms with Gasteiger partial charge in [-0.1, -0.05) is 158 Å². The van der Waals surface area contributed by atoms with Crippen LogP contribution in [0.3, 0.4) is 0 Å². The third-order valence-corrected chi connectivity index (χ3v) is 14.1. The van der Waals surface area contributed by atoms with E-state index < -0.39 is 0 Å². The van der Waals surface area contributed by atoms with Gasteiger partial charge in [0.2, 0.25) is 0 Å². The van der Waals surface area contributed by atoms with Gasteiger partial charge in [-0.25, -0.2) is 19.9 Å². The molecule has 7 heteroatoms. The number of hydrogen-bond donors (Lipinski definition) is 0. The van der Waals surface area contributed by atoms with Crippen molar-refractivity contribution in [3.63, 3.8) is 0 Å². The summed E-state index contributed by atoms with van der Waals surface area (Å²) in [6, 6.07) is 81.0. The smallest absolute Gasteiger partial charge is 0.164 e. The number of furan rings is 1. The Kier molecular flexibility index (Phi) is 8.52. The molecule has 7 nitrogen and oxygen atoms in total. The normalized spacial score (nSPS) is 11.9. The van der Waals surface area contributed by atoms with Crippen molar-refractivity contribution < 1.29 is 4.42 Å². The van der Waals surface area contributed by atoms with Crippen molar-refractivity contribution in [3.8, 4) is 56.9 Å². The molecule has 0 aliphatic rings. The molecule has 0 aliphatic carbocycles. The van der Waals surface area contributed by atoms with Crippen molar-refractivity contribution in [2.75, 3.05) is 0 Å². The number of fused-ring (bicyclic) bond motifs is 12. The summed E-state index contributed by atoms with van der Waals surface area (Å²) in [5, 5.41) is 11.3. The van der Waals surface area contributed by atoms with E-state index in [1.165, 1.54) is 0 Å². The molecule has 0 spiro atoms. The maximum absolute atomic E-state index is 6.20. The van der Waals surface area contributed by atoms with E-state index in [0.717, 1.165) is 127 Å². The van der Waals surface area contributed by atoms with Crippen LogP contribution in [0.4, 0.5) is 0 Å². The lowest BCUT2D eigenvalue weighted by Gasteiger charge is -2.14. The van der Waals surface area contributed by atoms with Crippen molar-refractivity contribution in [1.29, 1.82) is 0 Å². The van der Waals surface area contributed by atoms with Crippen LogP contribution >= 0.6 is 0 Å². The molecule has 0 radical (unpaired) electrons. The first kappa shape index (κ1) is 39.3. The molecule has 330 valence electrons. The molecule has 0 bridgehead atoms. The summed E-state index contributed by atoms with van der Waals surface area (Å²) in [5.74, 6) is 2.66. The van der Waals surface area contributed by atoms with Gasteiger partial charge in [0, 0.05) is 60.3 Å². The minimum atomic E-state index is 0.593. The average Bonchev–Trinajstić information content (AvgIpc) is 4.10. The predicted octanol–water partition coefficient (Wildman–Crippen LogP) is 16.3. The average molecular weight is 907 g/mol. The molecule has 0 fully saturated rings. The third kappa shape index (κ3) is 6.23. The fraction of sp³-hybridized carbons (Fsp3) is 0. The maximum atomic E-state index is 6.20. The molecule has 5 heterocycles. The van der Waals surface area contributed by atoms with Gasteiger partial charge in [0.25, 0.3) is 0 Å². The zero-order valence-electron chi connectivity index (χ0n) is 38.0. The minimum Gasteiger partial charge on any atom is -0.456 e. The summed E-state index contributed by atoms with van der Waals surface area (Å²) in [4.78, 5) is 21.2. The monoisotopic (exact) mass is 906 g/mol. The van der Waals surface area contributed by atoms with Crippen LogP contribution in [0, 0.1) is 0 Å². The third-order valence-electron chi connectivity index (χ3n) is 14.1. The zero-order chi connectivity index (χ0) is 46.6. The van der Waals surface area contributed by atoms with Gasteiger partial charge in [-0.2, -0.15) is 0 Å². The summed E-state index contributed by atoms with van der Waals surface area (Å²) >= 11 is 0. The largest absolute Gasteiger partial charge is 0.456 e. The highest BCUT2D eigenvalue weighted by molar-refractivity contribution is 6.24. The Morgan fingerprint density at radius 1 is 0.296 bits per heavy atom. The van der Waals surface area contributed by atoms with Gasteiger partial charge in [0.05, 0.1) is 27.8 Å². The van der Waals surface area contributed by atoms with Crippen LogP contribution in [0.25, 0.3) is 144 Å². The molecule has 10 aromatic carbocycles. The highest BCUT2D eigenvalue weighted by atomic mass is 16.3. The standard InChI is InChI=1S/C64H38N6O/c1-3-15-41-35-45(29-27-39(41)13-1)63-66-62(67-64(68-63)46-30-28-40-14-2-4-16-42(40)36-46)44-17-11-18-47(37-44)69-55-23-8-5-19-48(55)51-32-33-52-49-20-6-9-24-56(49)70(61(52)60(51)69)59-26-12-22-54(65-59)43-31-34-58-53(38-43)50-21-7-10-25-57(50)71-58/h1-38H. The first-order valence-electron chi connectivity index (χ1n) is 23.9. The number of benzene rings is 10. The summed E-state index contributed by atoms with van der Waals surface area (Å²) in [6.45, 7) is 0. The summed E-state index contributed by atoms with van der Waals surface area (Å²) < 4.78 is 11.0. The van der Waals surface area contributed by atoms with Gasteiger partial charge >= 0.3 is 0 Å². The molecule has 0 amide bonds. The topological polar surface area (TPSA) is 74.6 Å². The minimum absolute atomic E-state index is 0.593. The lowest BCUT2D eigenvalue weighted by molar-refractivity contribution is 0.669. The molecule has 0 atom stereocenters. The SMILES string of the molecule is c1cc(-c2nc(-c3ccc4ccccc4c3)nc(-c3ccc4ccccc4c3)n2)cc(-n2c3ccccc3c3ccc4c5ccccc5n(-c5cccc(-c6ccc7oc8ccccc8c7c6)n5)c4c32)c1. The molecule has 0 saturated heterocycles. The molecule has 0 N–H and O–H groups in total. The lowest BCUT2D eigenvalue weighted by atomic mass is 10.1. The Labute approximate surface area is 406 Å². The quantitative estimate of drug-likeness (QED) is 0.166. The zero-order valence-corrected chi connectivity index (χ0v) is 38.0. The summed E-state index contributed by atoms with van der Waals surface area (Å²) in [7, 11) is 0. The molecule has 0 unspecified atom stereocenters. The summed E-state index contributed by atoms with van der Waals surface area (Å²) in [5.41, 5.74) is 11.7. The number of pyridine rings is 1. The van der Waals surface area contributed by atoms with E-state index in [4.69, 9.17) is 24.4 Å². The number of aromatic nitrogens is 6. The van der Waals surface area contributed by atoms with E-state index in [9.17, 15) is 0 Å². The first-order valence-corrected chi connectivity index (χ1v) is 23.9. The highest BCUT2D eigenvalue weighted by Gasteiger charge is 2.23. The van der Waals surface area contributed by atoms with E-state index in [0.29, 0.717) is 17.5 Å². The molecule has 15 aromatic rings. The van der Waals surface area contributed by atoms with E-state index in [-0.39, 0.29) is 0 Å². The van der Waals surface area contributed by atoms with Crippen molar-refractivity contribution >= 4 is 87.1 Å². The second-order valence-corrected chi connectivity index (χ2v) is 18.2. The van der Waals surface area contributed by atoms with Gasteiger partial charge in [-0.3, -0.25) is 4.57 Å². The van der Waals surface area contributed by atoms with E-state index in [2.05, 4.69) is 228 Å². The molecule has 71 heavy (non-hydrogen) atoms. The molecule has 0 aliphatic heterocycles. The van der Waals surface area contributed by atoms with Crippen molar-refractivity contribution in [1.82, 2.24) is 29.1 Å². The molecule has 5 aromatic heterocycles. The van der Waals surface area contributed by atoms with E-state index in [1.807, 2.05) is 12.1 Å². The van der Waals surface area contributed by atoms with E-state index in [1.54, 1.807) is 0 Å². The van der Waals surface area contributed by atoms with Gasteiger partial charge in [-0.15, -0.1) is 0 Å². The Morgan fingerprint density at radius 3 is 1.49 bits per heavy atom. The Balaban J connectivity index is 0.946. The number of hydrogen-bond acceptors (Lipinski definition) is 5. The van der Waals surface area contributed by atoms with Crippen LogP contribution in [0.2, 0.25) is 0 Å². The lowest BCUT2D eigenvalue weighted by Crippen LogP contribution is -2.02. The highest BCUT2D eigenvalue weighted by Crippen LogP contribution is 2.42. The van der Waals surface area contributed by atoms with Gasteiger partial charge in [0.1, 0.15) is 17.0 Å². The van der Waals surface area contributed by atoms with Crippen molar-refractivity contribution in [2.24, 2.45) is 0 Å². The second kappa shape index (κ2) is 15.4. The van der Waals surface area contributed by atoms with Gasteiger partial charge < -0.3 is 8.98 Å². The Hall–Kier alpha value is -9.72. The fourth-order valence-electron chi connectivity index (χ4n) is 10.8. The van der Waals surface area contributed by atoms with Gasteiger partial charge in [0.15, 0.2) is 17.5 Å². The van der Waals surface area contributed by atoms with Crippen LogP contribution in [-0.2, 0) is 0 Å². The molecular weight excluding hydrogens is 869 g/mol. The van der Waals surface area contributed by atoms with Crippen molar-refractivity contribution in [2.45, 2.75) is 0 Å². The summed E-state index contributed by atoms with van der Waals surface area (Å²) in [6.07, 6.45) is 0. The first-order chi connectivity index (χ1) is 35.2. The van der Waals surface area contributed by atoms with Crippen LogP contribution in [0.1, 0.15) is 0 Å². The number of nitrogens with zero attached hydrogens (tertiary/aromatic N) is 6. The van der Waals surface area contributed by atoms with Crippen LogP contribution in [-0.4, -0.2) is 29.1 Å². The van der Waals surface area contributed by atoms with Crippen molar-refractivity contribution in [3.05, 3.63) is 231 Å². The molecule has 0 saturated carbocycles. The van der Waals surface area contributed by atoms with Crippen LogP contribution < -0.4 is 0 Å². The predicted molar refractivity (Wildman–Crippen MR) is 290 cm³/mol. The molecule has 15 rings (SSSR count).